The van der Waals surface area contributed by atoms with Gasteiger partial charge in [-0.3, -0.25) is 9.52 Å². The second kappa shape index (κ2) is 6.05. The summed E-state index contributed by atoms with van der Waals surface area (Å²) in [6, 6.07) is 3.40. The van der Waals surface area contributed by atoms with E-state index >= 15 is 0 Å². The summed E-state index contributed by atoms with van der Waals surface area (Å²) in [6.45, 7) is 0. The summed E-state index contributed by atoms with van der Waals surface area (Å²) in [4.78, 5) is 12.7. The number of alkyl halides is 6. The smallest absolute Gasteiger partial charge is 0.346 e. The third kappa shape index (κ3) is 3.22. The molecule has 4 aliphatic carbocycles. The van der Waals surface area contributed by atoms with Crippen molar-refractivity contribution in [2.75, 3.05) is 4.72 Å². The monoisotopic (exact) mass is 467 g/mol. The molecular formula is C18H15F6N3O3S. The lowest BCUT2D eigenvalue weighted by molar-refractivity contribution is -0.336. The molecule has 1 amide bonds. The fourth-order valence-electron chi connectivity index (χ4n) is 4.32. The van der Waals surface area contributed by atoms with Gasteiger partial charge >= 0.3 is 12.4 Å². The minimum atomic E-state index is -4.84. The molecule has 4 saturated carbocycles. The first-order valence-electron chi connectivity index (χ1n) is 9.12. The Bertz CT molecular complexity index is 1100. The van der Waals surface area contributed by atoms with Gasteiger partial charge in [-0.1, -0.05) is 0 Å². The summed E-state index contributed by atoms with van der Waals surface area (Å²) in [6.07, 6.45) is -10.4. The standard InChI is InChI=1S/C18H15F6N3O3S/c19-17(20,21)10-1-2-12(27-31(29,30)16(9-25)3-4-16)11(5-10)13(28)26-15-6-14(7-15,8-15)18(22,23)24/h1-2,5,27H,3-4,6-8H2,(H,26,28). The van der Waals surface area contributed by atoms with Gasteiger partial charge in [0.2, 0.25) is 0 Å². The molecule has 0 aliphatic heterocycles. The lowest BCUT2D eigenvalue weighted by atomic mass is 9.39. The maximum atomic E-state index is 13.1. The molecule has 5 rings (SSSR count). The number of halogens is 6. The van der Waals surface area contributed by atoms with Crippen molar-refractivity contribution in [1.82, 2.24) is 5.32 Å². The fourth-order valence-corrected chi connectivity index (χ4v) is 5.75. The van der Waals surface area contributed by atoms with E-state index in [1.54, 1.807) is 6.07 Å². The van der Waals surface area contributed by atoms with Crippen LogP contribution in [0.5, 0.6) is 0 Å². The summed E-state index contributed by atoms with van der Waals surface area (Å²) < 4.78 is 104. The van der Waals surface area contributed by atoms with Crippen molar-refractivity contribution in [1.29, 1.82) is 5.26 Å². The number of hydrogen-bond acceptors (Lipinski definition) is 4. The first-order chi connectivity index (χ1) is 14.1. The lowest BCUT2D eigenvalue weighted by Crippen LogP contribution is -2.78. The van der Waals surface area contributed by atoms with Crippen LogP contribution in [0.25, 0.3) is 0 Å². The number of carbonyl (C=O) groups is 1. The Balaban J connectivity index is 1.61. The largest absolute Gasteiger partial charge is 0.416 e. The zero-order chi connectivity index (χ0) is 23.1. The van der Waals surface area contributed by atoms with Crippen LogP contribution < -0.4 is 10.0 Å². The molecule has 0 spiro atoms. The number of sulfonamides is 1. The van der Waals surface area contributed by atoms with Crippen LogP contribution in [0, 0.1) is 16.7 Å². The second-order valence-electron chi connectivity index (χ2n) is 8.51. The van der Waals surface area contributed by atoms with Crippen molar-refractivity contribution >= 4 is 21.6 Å². The van der Waals surface area contributed by atoms with Crippen molar-refractivity contribution in [3.05, 3.63) is 29.3 Å². The minimum Gasteiger partial charge on any atom is -0.346 e. The molecule has 4 aliphatic rings. The zero-order valence-corrected chi connectivity index (χ0v) is 16.4. The number of nitriles is 1. The van der Waals surface area contributed by atoms with Gasteiger partial charge in [-0.05, 0) is 50.3 Å². The molecule has 31 heavy (non-hydrogen) atoms. The van der Waals surface area contributed by atoms with E-state index in [4.69, 9.17) is 5.26 Å². The van der Waals surface area contributed by atoms with Gasteiger partial charge in [0.25, 0.3) is 15.9 Å². The summed E-state index contributed by atoms with van der Waals surface area (Å²) in [5, 5.41) is 11.4. The van der Waals surface area contributed by atoms with Gasteiger partial charge in [0, 0.05) is 5.54 Å². The van der Waals surface area contributed by atoms with E-state index in [0.717, 1.165) is 6.07 Å². The molecule has 2 N–H and O–H groups in total. The molecule has 0 aromatic heterocycles. The van der Waals surface area contributed by atoms with Crippen molar-refractivity contribution in [3.8, 4) is 6.07 Å². The van der Waals surface area contributed by atoms with Crippen molar-refractivity contribution < 1.29 is 39.6 Å². The quantitative estimate of drug-likeness (QED) is 0.645. The van der Waals surface area contributed by atoms with Crippen LogP contribution in [-0.4, -0.2) is 30.8 Å². The van der Waals surface area contributed by atoms with Crippen LogP contribution in [0.4, 0.5) is 32.0 Å². The zero-order valence-electron chi connectivity index (χ0n) is 15.6. The molecule has 6 nitrogen and oxygen atoms in total. The summed E-state index contributed by atoms with van der Waals surface area (Å²) in [7, 11) is -4.33. The summed E-state index contributed by atoms with van der Waals surface area (Å²) in [5.41, 5.74) is -5.46. The van der Waals surface area contributed by atoms with Crippen LogP contribution in [0.1, 0.15) is 48.0 Å². The number of amides is 1. The van der Waals surface area contributed by atoms with Crippen LogP contribution in [0.2, 0.25) is 0 Å². The van der Waals surface area contributed by atoms with Gasteiger partial charge < -0.3 is 5.32 Å². The van der Waals surface area contributed by atoms with Crippen LogP contribution in [0.3, 0.4) is 0 Å². The first kappa shape index (κ1) is 21.7. The molecule has 0 saturated heterocycles. The van der Waals surface area contributed by atoms with Gasteiger partial charge in [-0.15, -0.1) is 0 Å². The highest BCUT2D eigenvalue weighted by Gasteiger charge is 2.79. The van der Waals surface area contributed by atoms with Gasteiger partial charge in [0.05, 0.1) is 28.3 Å². The summed E-state index contributed by atoms with van der Waals surface area (Å²) in [5.74, 6) is -1.12. The van der Waals surface area contributed by atoms with Gasteiger partial charge in [0.15, 0.2) is 4.75 Å². The molecule has 0 radical (unpaired) electrons. The topological polar surface area (TPSA) is 99.1 Å². The van der Waals surface area contributed by atoms with E-state index in [1.807, 2.05) is 4.72 Å². The Hall–Kier alpha value is -2.49. The predicted octanol–water partition coefficient (Wildman–Crippen LogP) is 3.72. The number of rotatable bonds is 5. The van der Waals surface area contributed by atoms with Crippen LogP contribution in [-0.2, 0) is 16.2 Å². The molecule has 13 heteroatoms. The summed E-state index contributed by atoms with van der Waals surface area (Å²) >= 11 is 0. The van der Waals surface area contributed by atoms with E-state index in [2.05, 4.69) is 5.32 Å². The predicted molar refractivity (Wildman–Crippen MR) is 94.1 cm³/mol. The number of nitrogens with one attached hydrogen (secondary N) is 2. The molecule has 0 heterocycles. The van der Waals surface area contributed by atoms with E-state index in [-0.39, 0.29) is 32.1 Å². The van der Waals surface area contributed by atoms with Crippen LogP contribution in [0.15, 0.2) is 18.2 Å². The van der Waals surface area contributed by atoms with E-state index in [0.29, 0.717) is 12.1 Å². The molecule has 0 atom stereocenters. The Morgan fingerprint density at radius 1 is 1.06 bits per heavy atom. The Labute approximate surface area is 172 Å². The van der Waals surface area contributed by atoms with Crippen LogP contribution >= 0.6 is 0 Å². The van der Waals surface area contributed by atoms with Crippen molar-refractivity contribution in [2.45, 2.75) is 54.7 Å². The Morgan fingerprint density at radius 3 is 2.10 bits per heavy atom. The highest BCUT2D eigenvalue weighted by Crippen LogP contribution is 2.73. The number of benzene rings is 1. The SMILES string of the molecule is N#CC1(S(=O)(=O)Nc2ccc(C(F)(F)F)cc2C(=O)NC23CC(C(F)(F)F)(C2)C3)CC1. The lowest BCUT2D eigenvalue weighted by Gasteiger charge is -2.70. The van der Waals surface area contributed by atoms with E-state index < -0.39 is 60.8 Å². The van der Waals surface area contributed by atoms with E-state index in [9.17, 15) is 39.6 Å². The van der Waals surface area contributed by atoms with Crippen molar-refractivity contribution in [2.24, 2.45) is 5.41 Å². The van der Waals surface area contributed by atoms with E-state index in [1.165, 1.54) is 0 Å². The highest BCUT2D eigenvalue weighted by atomic mass is 32.2. The fraction of sp³-hybridized carbons (Fsp3) is 0.556. The molecule has 1 aromatic carbocycles. The third-order valence-corrected chi connectivity index (χ3v) is 8.29. The Kier molecular flexibility index (Phi) is 4.24. The maximum Gasteiger partial charge on any atom is 0.416 e. The molecule has 2 bridgehead atoms. The van der Waals surface area contributed by atoms with Gasteiger partial charge in [0.1, 0.15) is 0 Å². The number of anilines is 1. The Morgan fingerprint density at radius 2 is 1.65 bits per heavy atom. The molecule has 1 aromatic rings. The average molecular weight is 467 g/mol. The maximum absolute atomic E-state index is 13.1. The highest BCUT2D eigenvalue weighted by molar-refractivity contribution is 7.94. The number of carbonyl (C=O) groups excluding carboxylic acids is 1. The normalized spacial score (nSPS) is 28.5. The molecule has 0 unspecified atom stereocenters. The average Bonchev–Trinajstić information content (AvgIpc) is 3.36. The first-order valence-corrected chi connectivity index (χ1v) is 10.6. The molecular weight excluding hydrogens is 452 g/mol. The second-order valence-corrected chi connectivity index (χ2v) is 10.5. The third-order valence-electron chi connectivity index (χ3n) is 6.27. The van der Waals surface area contributed by atoms with Gasteiger partial charge in [-0.2, -0.15) is 31.6 Å². The van der Waals surface area contributed by atoms with Gasteiger partial charge in [-0.25, -0.2) is 8.42 Å². The van der Waals surface area contributed by atoms with Crippen molar-refractivity contribution in [3.63, 3.8) is 0 Å². The molecule has 168 valence electrons. The minimum absolute atomic E-state index is 0.0314. The number of nitrogens with zero attached hydrogens (tertiary/aromatic N) is 1. The molecule has 4 fully saturated rings. The number of hydrogen-bond donors (Lipinski definition) is 2.